The summed E-state index contributed by atoms with van der Waals surface area (Å²) >= 11 is 0. The number of hydrogen-bond acceptors (Lipinski definition) is 8. The summed E-state index contributed by atoms with van der Waals surface area (Å²) in [6.45, 7) is 1.64. The monoisotopic (exact) mass is 682 g/mol. The van der Waals surface area contributed by atoms with Crippen LogP contribution in [-0.2, 0) is 39.2 Å². The van der Waals surface area contributed by atoms with Crippen molar-refractivity contribution in [2.24, 2.45) is 0 Å². The topological polar surface area (TPSA) is 185 Å². The molecule has 0 bridgehead atoms. The minimum absolute atomic E-state index is 0.508. The van der Waals surface area contributed by atoms with Gasteiger partial charge < -0.3 is 10.6 Å². The quantitative estimate of drug-likeness (QED) is 0.261. The van der Waals surface area contributed by atoms with E-state index in [-0.39, 0.29) is 0 Å². The molecule has 0 unspecified atom stereocenters. The Morgan fingerprint density at radius 1 is 0.523 bits per heavy atom. The van der Waals surface area contributed by atoms with Gasteiger partial charge in [-0.25, -0.2) is 26.3 Å². The van der Waals surface area contributed by atoms with Crippen LogP contribution < -0.4 is 20.1 Å². The zero-order valence-electron chi connectivity index (χ0n) is 21.7. The van der Waals surface area contributed by atoms with Crippen LogP contribution in [0, 0.1) is 0 Å². The molecule has 0 aliphatic carbocycles. The first kappa shape index (κ1) is 35.9. The van der Waals surface area contributed by atoms with E-state index in [1.165, 1.54) is 9.44 Å². The first-order valence-corrected chi connectivity index (χ1v) is 14.2. The Hall–Kier alpha value is -4.34. The number of nitrogens with one attached hydrogen (secondary N) is 4. The average molecular weight is 683 g/mol. The van der Waals surface area contributed by atoms with Gasteiger partial charge in [0, 0.05) is 25.2 Å². The molecule has 0 atom stereocenters. The minimum atomic E-state index is -7.24. The lowest BCUT2D eigenvalue weighted by atomic mass is 9.97. The summed E-state index contributed by atoms with van der Waals surface area (Å²) in [5.74, 6) is -36.3. The molecule has 2 aromatic carbocycles. The van der Waals surface area contributed by atoms with E-state index in [4.69, 9.17) is 0 Å². The van der Waals surface area contributed by atoms with Crippen molar-refractivity contribution in [1.29, 1.82) is 0 Å². The SMILES string of the molecule is CC(=O)NS(=O)(=O)c1ccc(NC(=O)C(F)(F)C(F)(F)C(F)(F)C(F)(F)C(=O)Nc2ccc(S(=O)(=O)NC(C)=O)cc2)cc1. The van der Waals surface area contributed by atoms with Crippen LogP contribution in [0.2, 0.25) is 0 Å². The third-order valence-electron chi connectivity index (χ3n) is 5.15. The lowest BCUT2D eigenvalue weighted by Gasteiger charge is -2.35. The maximum Gasteiger partial charge on any atom is 0.393 e. The first-order chi connectivity index (χ1) is 19.8. The molecule has 0 saturated carbocycles. The maximum atomic E-state index is 14.3. The van der Waals surface area contributed by atoms with Crippen molar-refractivity contribution in [2.75, 3.05) is 10.6 Å². The van der Waals surface area contributed by atoms with Gasteiger partial charge >= 0.3 is 35.5 Å². The summed E-state index contributed by atoms with van der Waals surface area (Å²) in [7, 11) is -8.96. The normalized spacial score (nSPS) is 13.0. The van der Waals surface area contributed by atoms with E-state index in [1.54, 1.807) is 0 Å². The molecule has 4 amide bonds. The number of benzene rings is 2. The molecule has 0 fully saturated rings. The van der Waals surface area contributed by atoms with Crippen LogP contribution in [0.1, 0.15) is 13.8 Å². The summed E-state index contributed by atoms with van der Waals surface area (Å²) in [6, 6.07) is 4.33. The van der Waals surface area contributed by atoms with E-state index in [1.807, 2.05) is 0 Å². The molecule has 0 heterocycles. The highest BCUT2D eigenvalue weighted by atomic mass is 32.2. The van der Waals surface area contributed by atoms with Gasteiger partial charge in [0.15, 0.2) is 0 Å². The second kappa shape index (κ2) is 12.0. The van der Waals surface area contributed by atoms with E-state index in [9.17, 15) is 71.1 Å². The molecule has 0 saturated heterocycles. The van der Waals surface area contributed by atoms with Gasteiger partial charge in [-0.05, 0) is 48.5 Å². The van der Waals surface area contributed by atoms with Crippen LogP contribution in [0.25, 0.3) is 0 Å². The number of hydrogen-bond donors (Lipinski definition) is 4. The summed E-state index contributed by atoms with van der Waals surface area (Å²) in [5, 5.41) is 2.05. The molecule has 4 N–H and O–H groups in total. The van der Waals surface area contributed by atoms with Crippen molar-refractivity contribution >= 4 is 55.1 Å². The molecule has 22 heteroatoms. The standard InChI is InChI=1S/C22H18F8N4O8S2/c1-11(35)33-43(39,40)15-7-3-13(4-8-15)31-17(37)19(23,24)21(27,28)22(29,30)20(25,26)18(38)32-14-5-9-16(10-6-14)44(41,42)34-12(2)36/h3-10H,1-2H3,(H,31,37)(H,32,38)(H,33,35)(H,34,36). The maximum absolute atomic E-state index is 14.3. The Bertz CT molecular complexity index is 1560. The van der Waals surface area contributed by atoms with Crippen LogP contribution in [0.3, 0.4) is 0 Å². The molecule has 0 aliphatic heterocycles. The Labute approximate surface area is 242 Å². The number of halogens is 8. The van der Waals surface area contributed by atoms with Crippen LogP contribution in [0.4, 0.5) is 46.5 Å². The summed E-state index contributed by atoms with van der Waals surface area (Å²) in [6.07, 6.45) is 0. The van der Waals surface area contributed by atoms with Gasteiger partial charge in [0.1, 0.15) is 0 Å². The highest BCUT2D eigenvalue weighted by molar-refractivity contribution is 7.90. The third kappa shape index (κ3) is 7.06. The molecule has 0 radical (unpaired) electrons. The molecular formula is C22H18F8N4O8S2. The predicted octanol–water partition coefficient (Wildman–Crippen LogP) is 2.45. The number of alkyl halides is 8. The number of rotatable bonds is 11. The highest BCUT2D eigenvalue weighted by Crippen LogP contribution is 2.53. The number of carbonyl (C=O) groups is 4. The van der Waals surface area contributed by atoms with E-state index in [0.717, 1.165) is 24.5 Å². The van der Waals surface area contributed by atoms with Gasteiger partial charge in [0.05, 0.1) is 9.79 Å². The molecule has 44 heavy (non-hydrogen) atoms. The largest absolute Gasteiger partial charge is 0.393 e. The van der Waals surface area contributed by atoms with Crippen molar-refractivity contribution in [2.45, 2.75) is 47.3 Å². The molecule has 0 spiro atoms. The van der Waals surface area contributed by atoms with Crippen molar-refractivity contribution < 1.29 is 71.1 Å². The summed E-state index contributed by atoms with van der Waals surface area (Å²) in [4.78, 5) is 44.2. The van der Waals surface area contributed by atoms with Crippen molar-refractivity contribution in [3.63, 3.8) is 0 Å². The second-order valence-electron chi connectivity index (χ2n) is 8.58. The molecule has 2 rings (SSSR count). The molecule has 0 aromatic heterocycles. The molecular weight excluding hydrogens is 664 g/mol. The van der Waals surface area contributed by atoms with Crippen molar-refractivity contribution in [3.05, 3.63) is 48.5 Å². The van der Waals surface area contributed by atoms with Gasteiger partial charge in [-0.15, -0.1) is 0 Å². The zero-order chi connectivity index (χ0) is 34.1. The fourth-order valence-electron chi connectivity index (χ4n) is 3.03. The Balaban J connectivity index is 2.28. The number of anilines is 2. The first-order valence-electron chi connectivity index (χ1n) is 11.2. The number of amides is 4. The predicted molar refractivity (Wildman–Crippen MR) is 132 cm³/mol. The van der Waals surface area contributed by atoms with E-state index in [2.05, 4.69) is 0 Å². The minimum Gasteiger partial charge on any atom is -0.321 e. The summed E-state index contributed by atoms with van der Waals surface area (Å²) < 4.78 is 165. The van der Waals surface area contributed by atoms with Crippen molar-refractivity contribution in [3.8, 4) is 0 Å². The molecule has 2 aromatic rings. The lowest BCUT2D eigenvalue weighted by molar-refractivity contribution is -0.345. The Kier molecular flexibility index (Phi) is 9.76. The van der Waals surface area contributed by atoms with Crippen LogP contribution in [-0.4, -0.2) is 64.2 Å². The molecule has 242 valence electrons. The fourth-order valence-corrected chi connectivity index (χ4v) is 5.01. The third-order valence-corrected chi connectivity index (χ3v) is 8.05. The second-order valence-corrected chi connectivity index (χ2v) is 11.9. The molecule has 0 aliphatic rings. The fraction of sp³-hybridized carbons (Fsp3) is 0.273. The van der Waals surface area contributed by atoms with Gasteiger partial charge in [-0.1, -0.05) is 0 Å². The number of carbonyl (C=O) groups excluding carboxylic acids is 4. The van der Waals surface area contributed by atoms with E-state index >= 15 is 0 Å². The Morgan fingerprint density at radius 3 is 1.00 bits per heavy atom. The molecule has 12 nitrogen and oxygen atoms in total. The average Bonchev–Trinajstić information content (AvgIpc) is 2.87. The summed E-state index contributed by atoms with van der Waals surface area (Å²) in [5.41, 5.74) is -1.80. The van der Waals surface area contributed by atoms with Crippen LogP contribution in [0.15, 0.2) is 58.3 Å². The smallest absolute Gasteiger partial charge is 0.321 e. The van der Waals surface area contributed by atoms with E-state index in [0.29, 0.717) is 48.5 Å². The lowest BCUT2D eigenvalue weighted by Crippen LogP contribution is -2.67. The van der Waals surface area contributed by atoms with Gasteiger partial charge in [-0.2, -0.15) is 35.1 Å². The van der Waals surface area contributed by atoms with Crippen molar-refractivity contribution in [1.82, 2.24) is 9.44 Å². The zero-order valence-corrected chi connectivity index (χ0v) is 23.4. The van der Waals surface area contributed by atoms with E-state index < -0.39 is 88.5 Å². The van der Waals surface area contributed by atoms with Crippen LogP contribution in [0.5, 0.6) is 0 Å². The van der Waals surface area contributed by atoms with Gasteiger partial charge in [-0.3, -0.25) is 19.2 Å². The van der Waals surface area contributed by atoms with Gasteiger partial charge in [0.2, 0.25) is 11.8 Å². The number of sulfonamides is 2. The van der Waals surface area contributed by atoms with Crippen LogP contribution >= 0.6 is 0 Å². The Morgan fingerprint density at radius 2 is 0.773 bits per heavy atom. The highest BCUT2D eigenvalue weighted by Gasteiger charge is 2.84. The van der Waals surface area contributed by atoms with Gasteiger partial charge in [0.25, 0.3) is 20.0 Å².